The number of rotatable bonds is 4. The number of hydrogen-bond acceptors (Lipinski definition) is 3. The lowest BCUT2D eigenvalue weighted by atomic mass is 10.2. The third-order valence-corrected chi connectivity index (χ3v) is 1.98. The van der Waals surface area contributed by atoms with Gasteiger partial charge in [0.25, 0.3) is 0 Å². The molecule has 0 spiro atoms. The predicted octanol–water partition coefficient (Wildman–Crippen LogP) is 2.14. The van der Waals surface area contributed by atoms with Gasteiger partial charge in [0.1, 0.15) is 11.6 Å². The highest BCUT2D eigenvalue weighted by atomic mass is 35.5. The third kappa shape index (κ3) is 2.57. The van der Waals surface area contributed by atoms with Crippen LogP contribution >= 0.6 is 11.6 Å². The summed E-state index contributed by atoms with van der Waals surface area (Å²) in [5.74, 6) is 0.0568. The Morgan fingerprint density at radius 1 is 1.43 bits per heavy atom. The third-order valence-electron chi connectivity index (χ3n) is 1.70. The van der Waals surface area contributed by atoms with E-state index >= 15 is 0 Å². The second-order valence-corrected chi connectivity index (χ2v) is 3.01. The Morgan fingerprint density at radius 2 is 2.14 bits per heavy atom. The van der Waals surface area contributed by atoms with Crippen LogP contribution in [0.1, 0.15) is 5.56 Å². The van der Waals surface area contributed by atoms with E-state index in [-0.39, 0.29) is 5.02 Å². The molecule has 1 N–H and O–H groups in total. The van der Waals surface area contributed by atoms with Gasteiger partial charge < -0.3 is 9.57 Å². The molecule has 14 heavy (non-hydrogen) atoms. The largest absolute Gasteiger partial charge is 0.495 e. The highest BCUT2D eigenvalue weighted by Gasteiger charge is 2.09. The first-order valence-electron chi connectivity index (χ1n) is 3.96. The van der Waals surface area contributed by atoms with E-state index in [0.29, 0.717) is 17.9 Å². The monoisotopic (exact) mass is 219 g/mol. The minimum Gasteiger partial charge on any atom is -0.495 e. The van der Waals surface area contributed by atoms with Crippen LogP contribution in [0.3, 0.4) is 0 Å². The van der Waals surface area contributed by atoms with Crippen molar-refractivity contribution < 1.29 is 14.0 Å². The van der Waals surface area contributed by atoms with E-state index < -0.39 is 5.82 Å². The fraction of sp³-hybridized carbons (Fsp3) is 0.333. The maximum atomic E-state index is 13.0. The zero-order chi connectivity index (χ0) is 10.6. The first-order chi connectivity index (χ1) is 6.69. The number of benzene rings is 1. The molecule has 0 aromatic heterocycles. The van der Waals surface area contributed by atoms with Crippen molar-refractivity contribution >= 4 is 11.6 Å². The summed E-state index contributed by atoms with van der Waals surface area (Å²) in [6.07, 6.45) is 0. The second-order valence-electron chi connectivity index (χ2n) is 2.61. The van der Waals surface area contributed by atoms with Gasteiger partial charge in [-0.25, -0.2) is 4.39 Å². The molecular weight excluding hydrogens is 209 g/mol. The lowest BCUT2D eigenvalue weighted by molar-refractivity contribution is 0.0860. The van der Waals surface area contributed by atoms with Gasteiger partial charge in [-0.15, -0.1) is 0 Å². The van der Waals surface area contributed by atoms with E-state index in [1.54, 1.807) is 0 Å². The maximum Gasteiger partial charge on any atom is 0.142 e. The highest BCUT2D eigenvalue weighted by Crippen LogP contribution is 2.29. The minimum absolute atomic E-state index is 0.250. The number of methoxy groups -OCH3 is 1. The van der Waals surface area contributed by atoms with Crippen molar-refractivity contribution in [1.29, 1.82) is 0 Å². The van der Waals surface area contributed by atoms with Gasteiger partial charge in [-0.3, -0.25) is 0 Å². The lowest BCUT2D eigenvalue weighted by Gasteiger charge is -2.10. The van der Waals surface area contributed by atoms with Crippen LogP contribution in [0, 0.1) is 5.82 Å². The Bertz CT molecular complexity index is 320. The first kappa shape index (κ1) is 11.2. The number of hydroxylamine groups is 1. The fourth-order valence-corrected chi connectivity index (χ4v) is 1.43. The molecule has 1 aromatic rings. The lowest BCUT2D eigenvalue weighted by Crippen LogP contribution is -2.12. The SMILES string of the molecule is CONCc1cc(F)cc(Cl)c1OC. The molecule has 0 saturated heterocycles. The van der Waals surface area contributed by atoms with Crippen molar-refractivity contribution in [2.45, 2.75) is 6.54 Å². The molecule has 0 aliphatic heterocycles. The molecule has 78 valence electrons. The van der Waals surface area contributed by atoms with E-state index in [2.05, 4.69) is 10.3 Å². The number of ether oxygens (including phenoxy) is 1. The molecule has 0 bridgehead atoms. The van der Waals surface area contributed by atoms with Crippen LogP contribution in [-0.4, -0.2) is 14.2 Å². The highest BCUT2D eigenvalue weighted by molar-refractivity contribution is 6.32. The molecule has 0 atom stereocenters. The van der Waals surface area contributed by atoms with E-state index in [4.69, 9.17) is 16.3 Å². The van der Waals surface area contributed by atoms with Gasteiger partial charge in [0.15, 0.2) is 0 Å². The topological polar surface area (TPSA) is 30.5 Å². The van der Waals surface area contributed by atoms with Crippen LogP contribution in [0.4, 0.5) is 4.39 Å². The van der Waals surface area contributed by atoms with E-state index in [1.165, 1.54) is 26.4 Å². The van der Waals surface area contributed by atoms with Gasteiger partial charge in [-0.05, 0) is 12.1 Å². The Kier molecular flexibility index (Phi) is 4.13. The fourth-order valence-electron chi connectivity index (χ4n) is 1.12. The smallest absolute Gasteiger partial charge is 0.142 e. The molecule has 0 heterocycles. The number of nitrogens with one attached hydrogen (secondary N) is 1. The normalized spacial score (nSPS) is 10.3. The molecule has 0 radical (unpaired) electrons. The van der Waals surface area contributed by atoms with E-state index in [1.807, 2.05) is 0 Å². The summed E-state index contributed by atoms with van der Waals surface area (Å²) in [5, 5.41) is 0.250. The first-order valence-corrected chi connectivity index (χ1v) is 4.34. The van der Waals surface area contributed by atoms with Gasteiger partial charge >= 0.3 is 0 Å². The molecule has 0 aliphatic rings. The molecule has 3 nitrogen and oxygen atoms in total. The zero-order valence-electron chi connectivity index (χ0n) is 7.93. The van der Waals surface area contributed by atoms with Crippen molar-refractivity contribution in [3.63, 3.8) is 0 Å². The summed E-state index contributed by atoms with van der Waals surface area (Å²) in [4.78, 5) is 4.65. The van der Waals surface area contributed by atoms with Crippen LogP contribution in [0.5, 0.6) is 5.75 Å². The maximum absolute atomic E-state index is 13.0. The number of halogens is 2. The van der Waals surface area contributed by atoms with E-state index in [9.17, 15) is 4.39 Å². The summed E-state index contributed by atoms with van der Waals surface area (Å²) >= 11 is 5.78. The zero-order valence-corrected chi connectivity index (χ0v) is 8.69. The quantitative estimate of drug-likeness (QED) is 0.787. The Morgan fingerprint density at radius 3 is 2.71 bits per heavy atom. The van der Waals surface area contributed by atoms with Gasteiger partial charge in [-0.1, -0.05) is 11.6 Å². The molecule has 0 aliphatic carbocycles. The Hall–Kier alpha value is -0.840. The predicted molar refractivity (Wildman–Crippen MR) is 51.8 cm³/mol. The van der Waals surface area contributed by atoms with Gasteiger partial charge in [-0.2, -0.15) is 5.48 Å². The minimum atomic E-state index is -0.399. The van der Waals surface area contributed by atoms with Crippen molar-refractivity contribution in [2.24, 2.45) is 0 Å². The van der Waals surface area contributed by atoms with Gasteiger partial charge in [0, 0.05) is 12.1 Å². The molecule has 1 rings (SSSR count). The van der Waals surface area contributed by atoms with Crippen LogP contribution < -0.4 is 10.2 Å². The van der Waals surface area contributed by atoms with Crippen molar-refractivity contribution in [2.75, 3.05) is 14.2 Å². The van der Waals surface area contributed by atoms with Gasteiger partial charge in [0.2, 0.25) is 0 Å². The van der Waals surface area contributed by atoms with Crippen molar-refractivity contribution in [3.8, 4) is 5.75 Å². The summed E-state index contributed by atoms with van der Waals surface area (Å²) in [6, 6.07) is 2.55. The standard InChI is InChI=1S/C9H11ClFNO2/c1-13-9-6(5-12-14-2)3-7(11)4-8(9)10/h3-4,12H,5H2,1-2H3. The Balaban J connectivity index is 2.99. The van der Waals surface area contributed by atoms with Crippen molar-refractivity contribution in [1.82, 2.24) is 5.48 Å². The average Bonchev–Trinajstić information content (AvgIpc) is 2.14. The summed E-state index contributed by atoms with van der Waals surface area (Å²) in [5.41, 5.74) is 3.20. The molecule has 0 amide bonds. The summed E-state index contributed by atoms with van der Waals surface area (Å²) < 4.78 is 18.0. The van der Waals surface area contributed by atoms with Crippen LogP contribution in [-0.2, 0) is 11.4 Å². The van der Waals surface area contributed by atoms with E-state index in [0.717, 1.165) is 0 Å². The summed E-state index contributed by atoms with van der Waals surface area (Å²) in [6.45, 7) is 0.331. The van der Waals surface area contributed by atoms with Crippen LogP contribution in [0.15, 0.2) is 12.1 Å². The molecule has 0 saturated carbocycles. The van der Waals surface area contributed by atoms with Crippen LogP contribution in [0.2, 0.25) is 5.02 Å². The summed E-state index contributed by atoms with van der Waals surface area (Å²) in [7, 11) is 2.96. The molecule has 0 fully saturated rings. The molecule has 0 unspecified atom stereocenters. The van der Waals surface area contributed by atoms with Gasteiger partial charge in [0.05, 0.1) is 19.2 Å². The number of hydrogen-bond donors (Lipinski definition) is 1. The Labute approximate surface area is 86.7 Å². The average molecular weight is 220 g/mol. The molecule has 1 aromatic carbocycles. The van der Waals surface area contributed by atoms with Crippen LogP contribution in [0.25, 0.3) is 0 Å². The second kappa shape index (κ2) is 5.14. The molecule has 5 heteroatoms. The van der Waals surface area contributed by atoms with Crippen molar-refractivity contribution in [3.05, 3.63) is 28.5 Å². The molecular formula is C9H11ClFNO2.